The summed E-state index contributed by atoms with van der Waals surface area (Å²) < 4.78 is 0. The average Bonchev–Trinajstić information content (AvgIpc) is 2.46. The molecular weight excluding hydrogens is 308 g/mol. The number of fused-ring (bicyclic) bond motifs is 1. The minimum Gasteiger partial charge on any atom is -0.550 e. The molecule has 0 unspecified atom stereocenters. The first-order valence-corrected chi connectivity index (χ1v) is 9.22. The summed E-state index contributed by atoms with van der Waals surface area (Å²) in [5, 5.41) is 40.5. The summed E-state index contributed by atoms with van der Waals surface area (Å²) in [4.78, 5) is 10.5. The molecule has 0 saturated heterocycles. The number of aliphatic hydroxyl groups excluding tert-OH is 3. The zero-order chi connectivity index (χ0) is 17.9. The summed E-state index contributed by atoms with van der Waals surface area (Å²) in [5.41, 5.74) is 1.37. The minimum atomic E-state index is -1.30. The number of carbonyl (C=O) groups excluding carboxylic acids is 1. The second-order valence-corrected chi connectivity index (χ2v) is 7.95. The molecule has 0 amide bonds. The Hall–Kier alpha value is -0.910. The monoisotopic (exact) mass is 339 g/mol. The first kappa shape index (κ1) is 19.4. The van der Waals surface area contributed by atoms with Crippen LogP contribution in [0, 0.1) is 23.7 Å². The maximum absolute atomic E-state index is 10.5. The van der Waals surface area contributed by atoms with Crippen molar-refractivity contribution >= 4 is 5.97 Å². The van der Waals surface area contributed by atoms with Gasteiger partial charge in [0.05, 0.1) is 18.3 Å². The van der Waals surface area contributed by atoms with Crippen LogP contribution in [0.1, 0.15) is 58.8 Å². The number of carboxylic acids is 1. The van der Waals surface area contributed by atoms with Crippen molar-refractivity contribution in [1.29, 1.82) is 0 Å². The van der Waals surface area contributed by atoms with Gasteiger partial charge in [0.25, 0.3) is 0 Å². The van der Waals surface area contributed by atoms with Crippen LogP contribution in [0.25, 0.3) is 0 Å². The highest BCUT2D eigenvalue weighted by Crippen LogP contribution is 2.46. The Morgan fingerprint density at radius 1 is 1.29 bits per heavy atom. The molecule has 0 radical (unpaired) electrons. The van der Waals surface area contributed by atoms with Crippen molar-refractivity contribution < 1.29 is 25.2 Å². The normalized spacial score (nSPS) is 35.7. The van der Waals surface area contributed by atoms with E-state index in [-0.39, 0.29) is 12.3 Å². The Balaban J connectivity index is 1.90. The molecule has 24 heavy (non-hydrogen) atoms. The van der Waals surface area contributed by atoms with Gasteiger partial charge < -0.3 is 25.2 Å². The van der Waals surface area contributed by atoms with Gasteiger partial charge in [0.1, 0.15) is 0 Å². The summed E-state index contributed by atoms with van der Waals surface area (Å²) in [7, 11) is 0. The lowest BCUT2D eigenvalue weighted by molar-refractivity contribution is -0.307. The molecule has 138 valence electrons. The van der Waals surface area contributed by atoms with Crippen molar-refractivity contribution in [3.05, 3.63) is 11.6 Å². The number of allylic oxidation sites excluding steroid dienone is 1. The maximum atomic E-state index is 10.5. The topological polar surface area (TPSA) is 101 Å². The lowest BCUT2D eigenvalue weighted by Gasteiger charge is -2.43. The van der Waals surface area contributed by atoms with E-state index in [4.69, 9.17) is 0 Å². The molecule has 0 aliphatic heterocycles. The van der Waals surface area contributed by atoms with Crippen molar-refractivity contribution in [3.8, 4) is 0 Å². The third kappa shape index (κ3) is 5.04. The van der Waals surface area contributed by atoms with E-state index < -0.39 is 30.7 Å². The van der Waals surface area contributed by atoms with Gasteiger partial charge in [-0.1, -0.05) is 25.5 Å². The fraction of sp³-hybridized carbons (Fsp3) is 0.842. The SMILES string of the molecule is C[C@@H]1CC[C@H]2C(=C[C@H](O)[C@H](C)[C@@H]2CC[C@@H](O)C[C@@H](O)CC(=O)[O-])C1. The van der Waals surface area contributed by atoms with Crippen molar-refractivity contribution in [2.45, 2.75) is 77.1 Å². The van der Waals surface area contributed by atoms with Crippen LogP contribution in [0.2, 0.25) is 0 Å². The van der Waals surface area contributed by atoms with Gasteiger partial charge in [-0.05, 0) is 62.2 Å². The van der Waals surface area contributed by atoms with Gasteiger partial charge in [-0.3, -0.25) is 0 Å². The third-order valence-corrected chi connectivity index (χ3v) is 5.93. The van der Waals surface area contributed by atoms with Crippen LogP contribution >= 0.6 is 0 Å². The molecular formula is C19H31O5-. The Morgan fingerprint density at radius 3 is 2.67 bits per heavy atom. The summed E-state index contributed by atoms with van der Waals surface area (Å²) in [5.74, 6) is 0.344. The quantitative estimate of drug-likeness (QED) is 0.601. The molecule has 0 spiro atoms. The Kier molecular flexibility index (Phi) is 6.84. The average molecular weight is 339 g/mol. The smallest absolute Gasteiger partial charge is 0.0752 e. The summed E-state index contributed by atoms with van der Waals surface area (Å²) in [6.45, 7) is 4.32. The first-order chi connectivity index (χ1) is 11.3. The summed E-state index contributed by atoms with van der Waals surface area (Å²) in [6, 6.07) is 0. The van der Waals surface area contributed by atoms with E-state index in [1.807, 2.05) is 6.08 Å². The number of carboxylic acid groups (broad SMARTS) is 1. The van der Waals surface area contributed by atoms with Gasteiger partial charge in [0.2, 0.25) is 0 Å². The second-order valence-electron chi connectivity index (χ2n) is 7.95. The lowest BCUT2D eigenvalue weighted by atomic mass is 9.63. The highest BCUT2D eigenvalue weighted by molar-refractivity contribution is 5.64. The van der Waals surface area contributed by atoms with Crippen LogP contribution in [0.3, 0.4) is 0 Å². The molecule has 1 saturated carbocycles. The van der Waals surface area contributed by atoms with Crippen molar-refractivity contribution in [2.24, 2.45) is 23.7 Å². The zero-order valence-electron chi connectivity index (χ0n) is 14.7. The van der Waals surface area contributed by atoms with Crippen molar-refractivity contribution in [1.82, 2.24) is 0 Å². The van der Waals surface area contributed by atoms with Gasteiger partial charge in [-0.15, -0.1) is 0 Å². The molecule has 2 aliphatic carbocycles. The van der Waals surface area contributed by atoms with Crippen LogP contribution in [0.4, 0.5) is 0 Å². The molecule has 7 atom stereocenters. The fourth-order valence-electron chi connectivity index (χ4n) is 4.53. The molecule has 2 aliphatic rings. The third-order valence-electron chi connectivity index (χ3n) is 5.93. The number of aliphatic hydroxyl groups is 3. The van der Waals surface area contributed by atoms with E-state index in [1.54, 1.807) is 0 Å². The van der Waals surface area contributed by atoms with E-state index in [0.29, 0.717) is 24.2 Å². The molecule has 0 bridgehead atoms. The van der Waals surface area contributed by atoms with Crippen LogP contribution in [0.5, 0.6) is 0 Å². The highest BCUT2D eigenvalue weighted by atomic mass is 16.4. The van der Waals surface area contributed by atoms with Crippen molar-refractivity contribution in [2.75, 3.05) is 0 Å². The van der Waals surface area contributed by atoms with Crippen LogP contribution in [-0.4, -0.2) is 39.6 Å². The number of aliphatic carboxylic acids is 1. The van der Waals surface area contributed by atoms with E-state index in [9.17, 15) is 25.2 Å². The molecule has 0 aromatic carbocycles. The van der Waals surface area contributed by atoms with Crippen molar-refractivity contribution in [3.63, 3.8) is 0 Å². The number of rotatable bonds is 7. The molecule has 0 heterocycles. The molecule has 1 fully saturated rings. The number of hydrogen-bond acceptors (Lipinski definition) is 5. The molecule has 3 N–H and O–H groups in total. The van der Waals surface area contributed by atoms with Gasteiger partial charge in [-0.2, -0.15) is 0 Å². The first-order valence-electron chi connectivity index (χ1n) is 9.22. The largest absolute Gasteiger partial charge is 0.550 e. The maximum Gasteiger partial charge on any atom is 0.0752 e. The summed E-state index contributed by atoms with van der Waals surface area (Å²) in [6.07, 6.45) is 4.15. The predicted molar refractivity (Wildman–Crippen MR) is 88.7 cm³/mol. The van der Waals surface area contributed by atoms with Gasteiger partial charge >= 0.3 is 0 Å². The Labute approximate surface area is 144 Å². The van der Waals surface area contributed by atoms with E-state index >= 15 is 0 Å². The molecule has 2 rings (SSSR count). The van der Waals surface area contributed by atoms with Crippen LogP contribution < -0.4 is 5.11 Å². The second kappa shape index (κ2) is 8.45. The number of carbonyl (C=O) groups is 1. The van der Waals surface area contributed by atoms with E-state index in [0.717, 1.165) is 19.3 Å². The molecule has 0 aromatic heterocycles. The standard InChI is InChI=1S/C19H32O5/c1-11-3-5-17-13(7-11)8-18(22)12(2)16(17)6-4-14(20)9-15(21)10-19(23)24/h8,11-12,14-18,20-22H,3-7,9-10H2,1-2H3,(H,23,24)/p-1/t11-,12-,14-,15-,16+,17+,18+/m1/s1. The van der Waals surface area contributed by atoms with E-state index in [2.05, 4.69) is 13.8 Å². The van der Waals surface area contributed by atoms with Gasteiger partial charge in [-0.25, -0.2) is 0 Å². The summed E-state index contributed by atoms with van der Waals surface area (Å²) >= 11 is 0. The van der Waals surface area contributed by atoms with E-state index in [1.165, 1.54) is 12.0 Å². The lowest BCUT2D eigenvalue weighted by Crippen LogP contribution is -2.38. The number of hydrogen-bond donors (Lipinski definition) is 3. The van der Waals surface area contributed by atoms with Gasteiger partial charge in [0, 0.05) is 12.4 Å². The Bertz CT molecular complexity index is 461. The molecule has 0 aromatic rings. The predicted octanol–water partition coefficient (Wildman–Crippen LogP) is 1.01. The fourth-order valence-corrected chi connectivity index (χ4v) is 4.53. The van der Waals surface area contributed by atoms with Gasteiger partial charge in [0.15, 0.2) is 0 Å². The Morgan fingerprint density at radius 2 is 2.00 bits per heavy atom. The zero-order valence-corrected chi connectivity index (χ0v) is 14.7. The van der Waals surface area contributed by atoms with Crippen LogP contribution in [-0.2, 0) is 4.79 Å². The minimum absolute atomic E-state index is 0.0576. The molecule has 5 nitrogen and oxygen atoms in total. The van der Waals surface area contributed by atoms with Crippen LogP contribution in [0.15, 0.2) is 11.6 Å². The highest BCUT2D eigenvalue weighted by Gasteiger charge is 2.39. The molecule has 5 heteroatoms.